The topological polar surface area (TPSA) is 107 Å². The summed E-state index contributed by atoms with van der Waals surface area (Å²) in [4.78, 5) is 9.36. The van der Waals surface area contributed by atoms with Crippen LogP contribution in [0.3, 0.4) is 0 Å². The Labute approximate surface area is 50.7 Å². The van der Waals surface area contributed by atoms with Crippen LogP contribution in [0.5, 0.6) is 0 Å². The molecule has 0 spiro atoms. The van der Waals surface area contributed by atoms with Crippen molar-refractivity contribution >= 4 is 28.3 Å². The number of rotatable bonds is 2. The molecular weight excluding hydrogens is 249 g/mol. The van der Waals surface area contributed by atoms with Gasteiger partial charge in [-0.25, -0.2) is 0 Å². The van der Waals surface area contributed by atoms with E-state index in [1.807, 2.05) is 0 Å². The first-order valence-electron chi connectivity index (χ1n) is 1.31. The van der Waals surface area contributed by atoms with Crippen LogP contribution in [0.15, 0.2) is 0 Å². The van der Waals surface area contributed by atoms with Crippen LogP contribution in [0.4, 0.5) is 0 Å². The van der Waals surface area contributed by atoms with Crippen LogP contribution in [0, 0.1) is 0 Å². The molecule has 0 aliphatic carbocycles. The molecule has 6 nitrogen and oxygen atoms in total. The van der Waals surface area contributed by atoms with Crippen molar-refractivity contribution in [2.24, 2.45) is 0 Å². The van der Waals surface area contributed by atoms with E-state index >= 15 is 0 Å². The summed E-state index contributed by atoms with van der Waals surface area (Å²) < 4.78 is 37.7. The first-order chi connectivity index (χ1) is 3.42. The second-order valence-electron chi connectivity index (χ2n) is 0.796. The van der Waals surface area contributed by atoms with Gasteiger partial charge < -0.3 is 0 Å². The zero-order chi connectivity index (χ0) is 6.78. The van der Waals surface area contributed by atoms with Crippen molar-refractivity contribution in [1.82, 2.24) is 0 Å². The first-order valence-corrected chi connectivity index (χ1v) is 6.78. The molecule has 0 saturated carbocycles. The molecule has 0 bridgehead atoms. The van der Waals surface area contributed by atoms with Gasteiger partial charge in [-0.2, -0.15) is 0 Å². The minimum absolute atomic E-state index is 3.15. The molecule has 1 unspecified atom stereocenters. The summed E-state index contributed by atoms with van der Waals surface area (Å²) in [5.41, 5.74) is 0. The Morgan fingerprint density at radius 2 is 2.00 bits per heavy atom. The minimum atomic E-state index is -5.61. The van der Waals surface area contributed by atoms with E-state index < -0.39 is 28.3 Å². The zero-order valence-corrected chi connectivity index (χ0v) is 6.87. The normalized spacial score (nSPS) is 13.6. The SMILES string of the molecule is O=[P+]([O-])[O][Sb](=[O])([OH])[OH]. The summed E-state index contributed by atoms with van der Waals surface area (Å²) in [6, 6.07) is 0. The van der Waals surface area contributed by atoms with Gasteiger partial charge in [-0.3, -0.25) is 0 Å². The van der Waals surface area contributed by atoms with E-state index in [-0.39, 0.29) is 0 Å². The van der Waals surface area contributed by atoms with Crippen molar-refractivity contribution in [1.29, 1.82) is 0 Å². The molecule has 0 aliphatic heterocycles. The third-order valence-electron chi connectivity index (χ3n) is 0.173. The molecule has 8 heavy (non-hydrogen) atoms. The van der Waals surface area contributed by atoms with Gasteiger partial charge >= 0.3 is 50.4 Å². The fraction of sp³-hybridized carbons (Fsp3) is 0. The van der Waals surface area contributed by atoms with E-state index in [2.05, 4.69) is 2.80 Å². The number of hydrogen-bond acceptors (Lipinski definition) is 4. The molecule has 0 aromatic heterocycles. The first kappa shape index (κ1) is 8.56. The van der Waals surface area contributed by atoms with Gasteiger partial charge in [0.1, 0.15) is 0 Å². The van der Waals surface area contributed by atoms with Gasteiger partial charge in [0, 0.05) is 0 Å². The Hall–Kier alpha value is 0.558. The number of hydrogen-bond donors (Lipinski definition) is 2. The molecule has 0 aromatic carbocycles. The molecule has 0 rings (SSSR count). The Morgan fingerprint density at radius 1 is 1.62 bits per heavy atom. The van der Waals surface area contributed by atoms with Crippen LogP contribution in [0.25, 0.3) is 0 Å². The fourth-order valence-corrected chi connectivity index (χ4v) is 1.75. The van der Waals surface area contributed by atoms with Crippen LogP contribution in [-0.2, 0) is 10.4 Å². The van der Waals surface area contributed by atoms with Crippen molar-refractivity contribution < 1.29 is 22.0 Å². The van der Waals surface area contributed by atoms with E-state index in [9.17, 15) is 12.5 Å². The van der Waals surface area contributed by atoms with Crippen LogP contribution < -0.4 is 4.89 Å². The maximum absolute atomic E-state index is 9.62. The van der Waals surface area contributed by atoms with Crippen molar-refractivity contribution in [3.63, 3.8) is 0 Å². The summed E-state index contributed by atoms with van der Waals surface area (Å²) in [5.74, 6) is 0. The van der Waals surface area contributed by atoms with Gasteiger partial charge in [0.25, 0.3) is 0 Å². The van der Waals surface area contributed by atoms with Gasteiger partial charge in [0.2, 0.25) is 0 Å². The molecule has 2 N–H and O–H groups in total. The zero-order valence-electron chi connectivity index (χ0n) is 3.42. The quantitative estimate of drug-likeness (QED) is 0.428. The van der Waals surface area contributed by atoms with Crippen LogP contribution in [-0.4, -0.2) is 26.8 Å². The summed E-state index contributed by atoms with van der Waals surface area (Å²) >= 11 is -5.61. The average molecular weight is 251 g/mol. The molecule has 0 aliphatic rings. The van der Waals surface area contributed by atoms with Gasteiger partial charge in [-0.1, -0.05) is 0 Å². The van der Waals surface area contributed by atoms with E-state index in [1.165, 1.54) is 0 Å². The van der Waals surface area contributed by atoms with Crippen molar-refractivity contribution in [3.05, 3.63) is 0 Å². The maximum atomic E-state index is 9.62. The van der Waals surface area contributed by atoms with Crippen LogP contribution in [0.2, 0.25) is 0 Å². The predicted octanol–water partition coefficient (Wildman–Crippen LogP) is -2.13. The molecule has 0 heterocycles. The molecule has 8 heteroatoms. The average Bonchev–Trinajstić information content (AvgIpc) is 1.21. The summed E-state index contributed by atoms with van der Waals surface area (Å²) in [7, 11) is -3.41. The molecule has 1 atom stereocenters. The van der Waals surface area contributed by atoms with E-state index in [0.29, 0.717) is 0 Å². The predicted molar refractivity (Wildman–Crippen MR) is 19.6 cm³/mol. The summed E-state index contributed by atoms with van der Waals surface area (Å²) in [5, 5.41) is 0. The van der Waals surface area contributed by atoms with Gasteiger partial charge in [-0.05, 0) is 0 Å². The second-order valence-corrected chi connectivity index (χ2v) is 5.60. The Bertz CT molecular complexity index is 131. The van der Waals surface area contributed by atoms with Crippen LogP contribution in [0.1, 0.15) is 0 Å². The van der Waals surface area contributed by atoms with Crippen molar-refractivity contribution in [3.8, 4) is 0 Å². The monoisotopic (exact) mass is 250 g/mol. The van der Waals surface area contributed by atoms with Gasteiger partial charge in [0.15, 0.2) is 0 Å². The fourth-order valence-electron chi connectivity index (χ4n) is 0.0868. The van der Waals surface area contributed by atoms with E-state index in [1.54, 1.807) is 0 Å². The van der Waals surface area contributed by atoms with Crippen molar-refractivity contribution in [2.45, 2.75) is 0 Å². The molecule has 0 fully saturated rings. The third-order valence-corrected chi connectivity index (χ3v) is 3.48. The van der Waals surface area contributed by atoms with Gasteiger partial charge in [-0.15, -0.1) is 0 Å². The second kappa shape index (κ2) is 2.92. The molecule has 0 aromatic rings. The Morgan fingerprint density at radius 3 is 2.00 bits per heavy atom. The molecule has 0 amide bonds. The van der Waals surface area contributed by atoms with E-state index in [0.717, 1.165) is 0 Å². The molecule has 48 valence electrons. The summed E-state index contributed by atoms with van der Waals surface area (Å²) in [6.45, 7) is 0. The Balaban J connectivity index is 3.74. The third kappa shape index (κ3) is 6.56. The van der Waals surface area contributed by atoms with Gasteiger partial charge in [0.05, 0.1) is 0 Å². The summed E-state index contributed by atoms with van der Waals surface area (Å²) in [6.07, 6.45) is 0. The van der Waals surface area contributed by atoms with E-state index in [4.69, 9.17) is 6.77 Å². The Kier molecular flexibility index (Phi) is 3.12. The molecule has 0 saturated heterocycles. The van der Waals surface area contributed by atoms with Crippen molar-refractivity contribution in [2.75, 3.05) is 0 Å². The van der Waals surface area contributed by atoms with Crippen LogP contribution >= 0.6 is 8.25 Å². The standard InChI is InChI=1S/HO3P.2H2O.O.Sb/c1-4(2)3;;;;/h(H,1,2,3);2*1H2;;/q;;;;+3/p-3. The molecular formula is H2O6PSb. The molecule has 0 radical (unpaired) electrons.